The van der Waals surface area contributed by atoms with Crippen LogP contribution in [0.4, 0.5) is 4.39 Å². The molecule has 1 saturated carbocycles. The second kappa shape index (κ2) is 6.59. The molecule has 132 valence electrons. The fourth-order valence-corrected chi connectivity index (χ4v) is 4.31. The van der Waals surface area contributed by atoms with E-state index in [-0.39, 0.29) is 5.82 Å². The van der Waals surface area contributed by atoms with Crippen molar-refractivity contribution in [1.29, 1.82) is 0 Å². The third-order valence-electron chi connectivity index (χ3n) is 5.51. The van der Waals surface area contributed by atoms with Crippen molar-refractivity contribution in [2.24, 2.45) is 5.92 Å². The summed E-state index contributed by atoms with van der Waals surface area (Å²) in [5, 5.41) is 9.59. The Morgan fingerprint density at radius 2 is 2.04 bits per heavy atom. The first-order valence-electron chi connectivity index (χ1n) is 8.81. The maximum atomic E-state index is 13.0. The van der Waals surface area contributed by atoms with E-state index < -0.39 is 12.0 Å². The number of carboxylic acid groups (broad SMARTS) is 1. The van der Waals surface area contributed by atoms with Crippen LogP contribution in [0.2, 0.25) is 0 Å². The number of carbonyl (C=O) groups is 1. The van der Waals surface area contributed by atoms with E-state index in [4.69, 9.17) is 4.42 Å². The molecule has 6 heteroatoms. The van der Waals surface area contributed by atoms with E-state index in [0.29, 0.717) is 36.6 Å². The molecule has 4 rings (SSSR count). The molecule has 1 aliphatic heterocycles. The van der Waals surface area contributed by atoms with Gasteiger partial charge in [-0.25, -0.2) is 9.37 Å². The van der Waals surface area contributed by atoms with E-state index in [9.17, 15) is 14.3 Å². The number of likely N-dealkylation sites (tertiary alicyclic amines) is 1. The Balaban J connectivity index is 1.54. The van der Waals surface area contributed by atoms with Crippen LogP contribution in [0.25, 0.3) is 11.3 Å². The molecule has 0 amide bonds. The van der Waals surface area contributed by atoms with Crippen LogP contribution in [0.15, 0.2) is 34.9 Å². The smallest absolute Gasteiger partial charge is 0.320 e. The van der Waals surface area contributed by atoms with E-state index in [0.717, 1.165) is 24.8 Å². The minimum Gasteiger partial charge on any atom is -0.480 e. The van der Waals surface area contributed by atoms with Crippen LogP contribution in [-0.4, -0.2) is 33.0 Å². The Labute approximate surface area is 145 Å². The van der Waals surface area contributed by atoms with E-state index in [1.54, 1.807) is 18.3 Å². The molecule has 0 bridgehead atoms. The molecule has 2 heterocycles. The molecule has 1 saturated heterocycles. The Bertz CT molecular complexity index is 758. The topological polar surface area (TPSA) is 66.6 Å². The van der Waals surface area contributed by atoms with E-state index in [1.807, 2.05) is 4.90 Å². The van der Waals surface area contributed by atoms with Gasteiger partial charge in [-0.05, 0) is 49.4 Å². The normalized spacial score (nSPS) is 26.5. The molecule has 1 N–H and O–H groups in total. The van der Waals surface area contributed by atoms with Crippen molar-refractivity contribution in [3.05, 3.63) is 42.2 Å². The van der Waals surface area contributed by atoms with Gasteiger partial charge in [0.25, 0.3) is 0 Å². The molecule has 2 fully saturated rings. The SMILES string of the molecule is O=C(O)[C@@H]1C[C@@H]2CCCC[C@H]2N1Cc1ncc(-c2ccc(F)cc2)o1. The number of aromatic nitrogens is 1. The van der Waals surface area contributed by atoms with Gasteiger partial charge in [0.05, 0.1) is 12.7 Å². The monoisotopic (exact) mass is 344 g/mol. The third-order valence-corrected chi connectivity index (χ3v) is 5.51. The fourth-order valence-electron chi connectivity index (χ4n) is 4.31. The zero-order valence-corrected chi connectivity index (χ0v) is 13.9. The Hall–Kier alpha value is -2.21. The van der Waals surface area contributed by atoms with Gasteiger partial charge in [0.1, 0.15) is 11.9 Å². The first-order valence-corrected chi connectivity index (χ1v) is 8.81. The Morgan fingerprint density at radius 1 is 1.28 bits per heavy atom. The van der Waals surface area contributed by atoms with Crippen LogP contribution >= 0.6 is 0 Å². The Morgan fingerprint density at radius 3 is 2.80 bits per heavy atom. The van der Waals surface area contributed by atoms with Crippen LogP contribution < -0.4 is 0 Å². The quantitative estimate of drug-likeness (QED) is 0.916. The van der Waals surface area contributed by atoms with Gasteiger partial charge in [0.2, 0.25) is 5.89 Å². The number of oxazole rings is 1. The number of benzene rings is 1. The number of hydrogen-bond acceptors (Lipinski definition) is 4. The summed E-state index contributed by atoms with van der Waals surface area (Å²) in [6.07, 6.45) is 6.82. The highest BCUT2D eigenvalue weighted by Crippen LogP contribution is 2.40. The summed E-state index contributed by atoms with van der Waals surface area (Å²) in [4.78, 5) is 18.0. The summed E-state index contributed by atoms with van der Waals surface area (Å²) in [5.74, 6) is 0.479. The van der Waals surface area contributed by atoms with Gasteiger partial charge in [-0.3, -0.25) is 9.69 Å². The number of halogens is 1. The van der Waals surface area contributed by atoms with Crippen LogP contribution in [0.5, 0.6) is 0 Å². The van der Waals surface area contributed by atoms with Gasteiger partial charge in [0, 0.05) is 11.6 Å². The summed E-state index contributed by atoms with van der Waals surface area (Å²) in [6.45, 7) is 0.402. The predicted molar refractivity (Wildman–Crippen MR) is 89.2 cm³/mol. The summed E-state index contributed by atoms with van der Waals surface area (Å²) in [6, 6.07) is 5.89. The minimum atomic E-state index is -0.764. The van der Waals surface area contributed by atoms with Crippen LogP contribution in [0, 0.1) is 11.7 Å². The van der Waals surface area contributed by atoms with Crippen molar-refractivity contribution in [2.45, 2.75) is 50.7 Å². The highest BCUT2D eigenvalue weighted by molar-refractivity contribution is 5.74. The zero-order valence-electron chi connectivity index (χ0n) is 13.9. The van der Waals surface area contributed by atoms with E-state index >= 15 is 0 Å². The molecular formula is C19H21FN2O3. The predicted octanol–water partition coefficient (Wildman–Crippen LogP) is 3.70. The molecule has 1 aliphatic carbocycles. The largest absolute Gasteiger partial charge is 0.480 e. The molecule has 25 heavy (non-hydrogen) atoms. The molecule has 2 aromatic rings. The van der Waals surface area contributed by atoms with Gasteiger partial charge in [-0.15, -0.1) is 0 Å². The number of nitrogens with zero attached hydrogens (tertiary/aromatic N) is 2. The molecule has 0 unspecified atom stereocenters. The number of carboxylic acids is 1. The van der Waals surface area contributed by atoms with Crippen molar-refractivity contribution in [2.75, 3.05) is 0 Å². The van der Waals surface area contributed by atoms with Crippen molar-refractivity contribution in [3.8, 4) is 11.3 Å². The standard InChI is InChI=1S/C19H21FN2O3/c20-14-7-5-12(6-8-14)17-10-21-18(25-17)11-22-15-4-2-1-3-13(15)9-16(22)19(23)24/h5-8,10,13,15-16H,1-4,9,11H2,(H,23,24)/t13-,15+,16-/m0/s1. The summed E-state index contributed by atoms with van der Waals surface area (Å²) >= 11 is 0. The summed E-state index contributed by atoms with van der Waals surface area (Å²) in [7, 11) is 0. The van der Waals surface area contributed by atoms with Gasteiger partial charge in [-0.1, -0.05) is 12.8 Å². The van der Waals surface area contributed by atoms with Crippen molar-refractivity contribution >= 4 is 5.97 Å². The number of aliphatic carboxylic acids is 1. The van der Waals surface area contributed by atoms with Crippen LogP contribution in [0.1, 0.15) is 38.0 Å². The highest BCUT2D eigenvalue weighted by atomic mass is 19.1. The molecule has 0 radical (unpaired) electrons. The lowest BCUT2D eigenvalue weighted by atomic mass is 9.85. The van der Waals surface area contributed by atoms with Gasteiger partial charge >= 0.3 is 5.97 Å². The first kappa shape index (κ1) is 16.3. The Kier molecular flexibility index (Phi) is 4.29. The number of fused-ring (bicyclic) bond motifs is 1. The van der Waals surface area contributed by atoms with Gasteiger partial charge in [-0.2, -0.15) is 0 Å². The van der Waals surface area contributed by atoms with E-state index in [1.165, 1.54) is 18.6 Å². The van der Waals surface area contributed by atoms with Crippen molar-refractivity contribution in [3.63, 3.8) is 0 Å². The number of rotatable bonds is 4. The molecule has 1 aromatic heterocycles. The molecule has 5 nitrogen and oxygen atoms in total. The average Bonchev–Trinajstić information content (AvgIpc) is 3.21. The van der Waals surface area contributed by atoms with E-state index in [2.05, 4.69) is 4.98 Å². The third kappa shape index (κ3) is 3.18. The molecule has 0 spiro atoms. The maximum absolute atomic E-state index is 13.0. The second-order valence-corrected chi connectivity index (χ2v) is 7.00. The lowest BCUT2D eigenvalue weighted by Gasteiger charge is -2.32. The molecule has 2 aliphatic rings. The first-order chi connectivity index (χ1) is 12.1. The maximum Gasteiger partial charge on any atom is 0.320 e. The van der Waals surface area contributed by atoms with Crippen molar-refractivity contribution < 1.29 is 18.7 Å². The van der Waals surface area contributed by atoms with Crippen LogP contribution in [-0.2, 0) is 11.3 Å². The zero-order chi connectivity index (χ0) is 17.4. The average molecular weight is 344 g/mol. The van der Waals surface area contributed by atoms with Gasteiger partial charge < -0.3 is 9.52 Å². The van der Waals surface area contributed by atoms with Gasteiger partial charge in [0.15, 0.2) is 5.76 Å². The lowest BCUT2D eigenvalue weighted by molar-refractivity contribution is -0.143. The fraction of sp³-hybridized carbons (Fsp3) is 0.474. The summed E-state index contributed by atoms with van der Waals surface area (Å²) < 4.78 is 18.9. The highest BCUT2D eigenvalue weighted by Gasteiger charge is 2.45. The molecule has 3 atom stereocenters. The molecular weight excluding hydrogens is 323 g/mol. The minimum absolute atomic E-state index is 0.298. The summed E-state index contributed by atoms with van der Waals surface area (Å²) in [5.41, 5.74) is 0.756. The second-order valence-electron chi connectivity index (χ2n) is 7.00. The van der Waals surface area contributed by atoms with Crippen LogP contribution in [0.3, 0.4) is 0 Å². The lowest BCUT2D eigenvalue weighted by Crippen LogP contribution is -2.41. The van der Waals surface area contributed by atoms with Crippen molar-refractivity contribution in [1.82, 2.24) is 9.88 Å². The molecule has 1 aromatic carbocycles. The number of hydrogen-bond donors (Lipinski definition) is 1.